The van der Waals surface area contributed by atoms with E-state index in [1.165, 1.54) is 0 Å². The molecule has 3 aromatic carbocycles. The van der Waals surface area contributed by atoms with E-state index < -0.39 is 0 Å². The number of thiocarbonyl (C=S) groups is 1. The van der Waals surface area contributed by atoms with Gasteiger partial charge in [-0.15, -0.1) is 0 Å². The lowest BCUT2D eigenvalue weighted by Gasteiger charge is -2.26. The highest BCUT2D eigenvalue weighted by molar-refractivity contribution is 7.80. The number of aromatic nitrogens is 1. The minimum Gasteiger partial charge on any atom is -0.494 e. The van der Waals surface area contributed by atoms with Crippen molar-refractivity contribution in [3.63, 3.8) is 0 Å². The van der Waals surface area contributed by atoms with Gasteiger partial charge in [0.05, 0.1) is 18.7 Å². The number of benzene rings is 3. The van der Waals surface area contributed by atoms with Crippen molar-refractivity contribution < 1.29 is 4.74 Å². The van der Waals surface area contributed by atoms with Crippen LogP contribution in [0.25, 0.3) is 10.9 Å². The Bertz CT molecular complexity index is 1350. The Balaban J connectivity index is 1.62. The number of ether oxygens (including phenoxy) is 1. The van der Waals surface area contributed by atoms with Gasteiger partial charge in [0, 0.05) is 17.8 Å². The van der Waals surface area contributed by atoms with Crippen LogP contribution in [0.1, 0.15) is 29.2 Å². The summed E-state index contributed by atoms with van der Waals surface area (Å²) in [5.41, 5.74) is 5.69. The van der Waals surface area contributed by atoms with Crippen molar-refractivity contribution in [1.82, 2.24) is 9.88 Å². The van der Waals surface area contributed by atoms with Gasteiger partial charge in [0.15, 0.2) is 5.11 Å². The van der Waals surface area contributed by atoms with E-state index in [4.69, 9.17) is 17.0 Å². The summed E-state index contributed by atoms with van der Waals surface area (Å²) in [5, 5.41) is 4.88. The summed E-state index contributed by atoms with van der Waals surface area (Å²) < 4.78 is 5.53. The first-order chi connectivity index (χ1) is 16.4. The van der Waals surface area contributed by atoms with Gasteiger partial charge in [-0.2, -0.15) is 0 Å². The molecule has 0 aliphatic rings. The van der Waals surface area contributed by atoms with E-state index in [0.717, 1.165) is 39.0 Å². The van der Waals surface area contributed by atoms with Gasteiger partial charge in [0.2, 0.25) is 0 Å². The highest BCUT2D eigenvalue weighted by Crippen LogP contribution is 2.21. The Morgan fingerprint density at radius 2 is 1.74 bits per heavy atom. The molecular weight excluding hydrogens is 442 g/mol. The van der Waals surface area contributed by atoms with Crippen LogP contribution in [0.15, 0.2) is 77.6 Å². The zero-order valence-electron chi connectivity index (χ0n) is 19.7. The van der Waals surface area contributed by atoms with Crippen molar-refractivity contribution in [3.8, 4) is 5.75 Å². The predicted molar refractivity (Wildman–Crippen MR) is 144 cm³/mol. The molecule has 0 radical (unpaired) electrons. The lowest BCUT2D eigenvalue weighted by Crippen LogP contribution is -2.35. The van der Waals surface area contributed by atoms with Gasteiger partial charge >= 0.3 is 0 Å². The molecule has 34 heavy (non-hydrogen) atoms. The number of anilines is 1. The molecule has 174 valence electrons. The Morgan fingerprint density at radius 3 is 2.44 bits per heavy atom. The predicted octanol–water partition coefficient (Wildman–Crippen LogP) is 5.94. The number of fused-ring (bicyclic) bond motifs is 1. The van der Waals surface area contributed by atoms with Gasteiger partial charge in [0.1, 0.15) is 5.75 Å². The second kappa shape index (κ2) is 10.5. The van der Waals surface area contributed by atoms with E-state index in [9.17, 15) is 4.79 Å². The Kier molecular flexibility index (Phi) is 7.28. The maximum absolute atomic E-state index is 13.0. The van der Waals surface area contributed by atoms with Crippen molar-refractivity contribution in [2.24, 2.45) is 0 Å². The highest BCUT2D eigenvalue weighted by Gasteiger charge is 2.15. The molecule has 0 spiro atoms. The van der Waals surface area contributed by atoms with E-state index >= 15 is 0 Å². The van der Waals surface area contributed by atoms with Crippen LogP contribution in [0, 0.1) is 13.8 Å². The van der Waals surface area contributed by atoms with Crippen molar-refractivity contribution in [1.29, 1.82) is 0 Å². The first-order valence-corrected chi connectivity index (χ1v) is 11.8. The van der Waals surface area contributed by atoms with E-state index in [1.54, 1.807) is 0 Å². The fraction of sp³-hybridized carbons (Fsp3) is 0.214. The molecule has 0 aliphatic carbocycles. The van der Waals surface area contributed by atoms with Crippen LogP contribution in [-0.2, 0) is 13.1 Å². The standard InChI is InChI=1S/C28H29N3O2S/c1-4-33-25-14-12-24(13-15-25)29-28(34)31(17-21-8-6-5-7-9-21)18-23-16-22-11-10-19(2)20(3)26(22)30-27(23)32/h5-16H,4,17-18H2,1-3H3,(H,29,34)(H,30,32). The van der Waals surface area contributed by atoms with Gasteiger partial charge in [-0.25, -0.2) is 0 Å². The number of hydrogen-bond acceptors (Lipinski definition) is 3. The average molecular weight is 472 g/mol. The van der Waals surface area contributed by atoms with Crippen LogP contribution in [0.3, 0.4) is 0 Å². The number of H-pyrrole nitrogens is 1. The fourth-order valence-corrected chi connectivity index (χ4v) is 4.15. The quantitative estimate of drug-likeness (QED) is 0.327. The van der Waals surface area contributed by atoms with Crippen LogP contribution in [0.4, 0.5) is 5.69 Å². The Hall–Kier alpha value is -3.64. The third-order valence-electron chi connectivity index (χ3n) is 5.91. The summed E-state index contributed by atoms with van der Waals surface area (Å²) in [6.07, 6.45) is 0. The number of aromatic amines is 1. The van der Waals surface area contributed by atoms with Crippen molar-refractivity contribution in [3.05, 3.63) is 105 Å². The zero-order chi connectivity index (χ0) is 24.1. The van der Waals surface area contributed by atoms with Crippen LogP contribution >= 0.6 is 12.2 Å². The van der Waals surface area contributed by atoms with Gasteiger partial charge in [-0.3, -0.25) is 4.79 Å². The van der Waals surface area contributed by atoms with Gasteiger partial charge < -0.3 is 19.9 Å². The first-order valence-electron chi connectivity index (χ1n) is 11.4. The van der Waals surface area contributed by atoms with Crippen molar-refractivity contribution in [2.75, 3.05) is 11.9 Å². The van der Waals surface area contributed by atoms with E-state index in [0.29, 0.717) is 30.4 Å². The van der Waals surface area contributed by atoms with Crippen LogP contribution in [0.2, 0.25) is 0 Å². The molecule has 0 saturated carbocycles. The molecule has 4 rings (SSSR count). The number of nitrogens with zero attached hydrogens (tertiary/aromatic N) is 1. The molecule has 1 heterocycles. The van der Waals surface area contributed by atoms with Crippen LogP contribution in [-0.4, -0.2) is 21.6 Å². The monoisotopic (exact) mass is 471 g/mol. The van der Waals surface area contributed by atoms with E-state index in [1.807, 2.05) is 74.2 Å². The minimum absolute atomic E-state index is 0.0943. The number of hydrogen-bond donors (Lipinski definition) is 2. The SMILES string of the molecule is CCOc1ccc(NC(=S)N(Cc2ccccc2)Cc2cc3ccc(C)c(C)c3[nH]c2=O)cc1. The third kappa shape index (κ3) is 5.46. The van der Waals surface area contributed by atoms with Gasteiger partial charge in [0.25, 0.3) is 5.56 Å². The summed E-state index contributed by atoms with van der Waals surface area (Å²) in [6, 6.07) is 23.9. The lowest BCUT2D eigenvalue weighted by atomic mass is 10.0. The topological polar surface area (TPSA) is 57.4 Å². The summed E-state index contributed by atoms with van der Waals surface area (Å²) >= 11 is 5.79. The summed E-state index contributed by atoms with van der Waals surface area (Å²) in [4.78, 5) is 18.1. The molecule has 0 bridgehead atoms. The Labute approximate surface area is 205 Å². The highest BCUT2D eigenvalue weighted by atomic mass is 32.1. The summed E-state index contributed by atoms with van der Waals surface area (Å²) in [7, 11) is 0. The van der Waals surface area contributed by atoms with Gasteiger partial charge in [-0.1, -0.05) is 42.5 Å². The third-order valence-corrected chi connectivity index (χ3v) is 6.27. The van der Waals surface area contributed by atoms with Crippen LogP contribution in [0.5, 0.6) is 5.75 Å². The molecule has 4 aromatic rings. The molecule has 0 aliphatic heterocycles. The molecule has 0 amide bonds. The first kappa shape index (κ1) is 23.5. The van der Waals surface area contributed by atoms with Crippen molar-refractivity contribution >= 4 is 33.9 Å². The van der Waals surface area contributed by atoms with Crippen molar-refractivity contribution in [2.45, 2.75) is 33.9 Å². The number of pyridine rings is 1. The van der Waals surface area contributed by atoms with E-state index in [-0.39, 0.29) is 5.56 Å². The molecule has 0 unspecified atom stereocenters. The molecule has 0 atom stereocenters. The van der Waals surface area contributed by atoms with Crippen LogP contribution < -0.4 is 15.6 Å². The normalized spacial score (nSPS) is 10.8. The fourth-order valence-electron chi connectivity index (χ4n) is 3.90. The van der Waals surface area contributed by atoms with Gasteiger partial charge in [-0.05, 0) is 85.4 Å². The maximum atomic E-state index is 13.0. The number of rotatable bonds is 7. The molecule has 0 saturated heterocycles. The number of aryl methyl sites for hydroxylation is 2. The van der Waals surface area contributed by atoms with E-state index in [2.05, 4.69) is 34.6 Å². The molecular formula is C28H29N3O2S. The lowest BCUT2D eigenvalue weighted by molar-refractivity contribution is 0.340. The molecule has 6 heteroatoms. The molecule has 1 aromatic heterocycles. The second-order valence-corrected chi connectivity index (χ2v) is 8.71. The maximum Gasteiger partial charge on any atom is 0.253 e. The summed E-state index contributed by atoms with van der Waals surface area (Å²) in [5.74, 6) is 0.813. The molecule has 2 N–H and O–H groups in total. The zero-order valence-corrected chi connectivity index (χ0v) is 20.5. The second-order valence-electron chi connectivity index (χ2n) is 8.32. The molecule has 0 fully saturated rings. The minimum atomic E-state index is -0.0943. The average Bonchev–Trinajstić information content (AvgIpc) is 2.84. The smallest absolute Gasteiger partial charge is 0.253 e. The molecule has 5 nitrogen and oxygen atoms in total. The largest absolute Gasteiger partial charge is 0.494 e. The Morgan fingerprint density at radius 1 is 1.00 bits per heavy atom. The number of nitrogens with one attached hydrogen (secondary N) is 2. The summed E-state index contributed by atoms with van der Waals surface area (Å²) in [6.45, 7) is 7.62.